The highest BCUT2D eigenvalue weighted by molar-refractivity contribution is 5.49. The third kappa shape index (κ3) is 3.32. The van der Waals surface area contributed by atoms with Gasteiger partial charge in [-0.2, -0.15) is 0 Å². The third-order valence-corrected chi connectivity index (χ3v) is 3.97. The third-order valence-electron chi connectivity index (χ3n) is 3.97. The molecule has 1 aliphatic rings. The number of hydrogen-bond acceptors (Lipinski definition) is 3. The van der Waals surface area contributed by atoms with Gasteiger partial charge in [0.15, 0.2) is 0 Å². The lowest BCUT2D eigenvalue weighted by molar-refractivity contribution is 0.625. The van der Waals surface area contributed by atoms with Crippen LogP contribution < -0.4 is 10.2 Å². The van der Waals surface area contributed by atoms with E-state index in [0.29, 0.717) is 6.54 Å². The van der Waals surface area contributed by atoms with Gasteiger partial charge in [-0.05, 0) is 55.2 Å². The van der Waals surface area contributed by atoms with E-state index in [-0.39, 0.29) is 5.82 Å². The van der Waals surface area contributed by atoms with Gasteiger partial charge in [-0.15, -0.1) is 0 Å². The van der Waals surface area contributed by atoms with E-state index >= 15 is 0 Å². The highest BCUT2D eigenvalue weighted by Gasteiger charge is 2.12. The fraction of sp³-hybridized carbons (Fsp3) is 0.353. The zero-order valence-corrected chi connectivity index (χ0v) is 12.3. The van der Waals surface area contributed by atoms with Gasteiger partial charge in [0.2, 0.25) is 0 Å². The fourth-order valence-electron chi connectivity index (χ4n) is 2.68. The molecule has 0 bridgehead atoms. The van der Waals surface area contributed by atoms with Crippen LogP contribution in [0.25, 0.3) is 0 Å². The molecule has 0 unspecified atom stereocenters. The second-order valence-electron chi connectivity index (χ2n) is 5.52. The molecular weight excluding hydrogens is 265 g/mol. The van der Waals surface area contributed by atoms with Gasteiger partial charge >= 0.3 is 0 Å². The van der Waals surface area contributed by atoms with Gasteiger partial charge in [-0.1, -0.05) is 6.07 Å². The summed E-state index contributed by atoms with van der Waals surface area (Å²) >= 11 is 0. The Labute approximate surface area is 124 Å². The van der Waals surface area contributed by atoms with Crippen LogP contribution in [0.5, 0.6) is 0 Å². The summed E-state index contributed by atoms with van der Waals surface area (Å²) in [6, 6.07) is 9.00. The average molecular weight is 285 g/mol. The molecular formula is C17H20FN3. The van der Waals surface area contributed by atoms with Crippen molar-refractivity contribution in [3.8, 4) is 0 Å². The smallest absolute Gasteiger partial charge is 0.128 e. The summed E-state index contributed by atoms with van der Waals surface area (Å²) in [5, 5.41) is 3.34. The predicted octanol–water partition coefficient (Wildman–Crippen LogP) is 3.74. The zero-order valence-electron chi connectivity index (χ0n) is 12.3. The summed E-state index contributed by atoms with van der Waals surface area (Å²) in [5.74, 6) is 0.865. The van der Waals surface area contributed by atoms with Crippen LogP contribution >= 0.6 is 0 Å². The molecule has 2 heterocycles. The SMILES string of the molecule is Cc1cc(F)ccc1CNc1ccc(N2CCCC2)nc1. The van der Waals surface area contributed by atoms with Crippen molar-refractivity contribution in [2.24, 2.45) is 0 Å². The van der Waals surface area contributed by atoms with Crippen molar-refractivity contribution in [2.45, 2.75) is 26.3 Å². The normalized spacial score (nSPS) is 14.5. The Morgan fingerprint density at radius 2 is 2.00 bits per heavy atom. The van der Waals surface area contributed by atoms with Crippen LogP contribution in [-0.2, 0) is 6.54 Å². The van der Waals surface area contributed by atoms with E-state index in [9.17, 15) is 4.39 Å². The van der Waals surface area contributed by atoms with Gasteiger partial charge in [0.05, 0.1) is 11.9 Å². The molecule has 1 fully saturated rings. The van der Waals surface area contributed by atoms with Crippen molar-refractivity contribution in [1.29, 1.82) is 0 Å². The molecule has 110 valence electrons. The summed E-state index contributed by atoms with van der Waals surface area (Å²) in [7, 11) is 0. The first kappa shape index (κ1) is 13.9. The Balaban J connectivity index is 1.62. The Morgan fingerprint density at radius 1 is 1.19 bits per heavy atom. The van der Waals surface area contributed by atoms with Crippen LogP contribution in [0.3, 0.4) is 0 Å². The number of halogens is 1. The minimum Gasteiger partial charge on any atom is -0.380 e. The van der Waals surface area contributed by atoms with Gasteiger partial charge in [0.1, 0.15) is 11.6 Å². The molecule has 4 heteroatoms. The van der Waals surface area contributed by atoms with Gasteiger partial charge in [0, 0.05) is 19.6 Å². The summed E-state index contributed by atoms with van der Waals surface area (Å²) in [4.78, 5) is 6.83. The Kier molecular flexibility index (Phi) is 4.04. The number of aryl methyl sites for hydroxylation is 1. The quantitative estimate of drug-likeness (QED) is 0.927. The second kappa shape index (κ2) is 6.12. The molecule has 3 nitrogen and oxygen atoms in total. The molecule has 1 aromatic carbocycles. The zero-order chi connectivity index (χ0) is 14.7. The van der Waals surface area contributed by atoms with Crippen LogP contribution in [0, 0.1) is 12.7 Å². The van der Waals surface area contributed by atoms with Crippen molar-refractivity contribution in [3.63, 3.8) is 0 Å². The summed E-state index contributed by atoms with van der Waals surface area (Å²) in [5.41, 5.74) is 3.05. The Morgan fingerprint density at radius 3 is 2.67 bits per heavy atom. The highest BCUT2D eigenvalue weighted by atomic mass is 19.1. The number of nitrogens with zero attached hydrogens (tertiary/aromatic N) is 2. The molecule has 1 aromatic heterocycles. The van der Waals surface area contributed by atoms with Gasteiger partial charge in [-0.3, -0.25) is 0 Å². The van der Waals surface area contributed by atoms with Crippen molar-refractivity contribution < 1.29 is 4.39 Å². The molecule has 0 spiro atoms. The van der Waals surface area contributed by atoms with Crippen molar-refractivity contribution in [1.82, 2.24) is 4.98 Å². The van der Waals surface area contributed by atoms with E-state index in [1.165, 1.54) is 18.9 Å². The lowest BCUT2D eigenvalue weighted by atomic mass is 10.1. The number of anilines is 2. The van der Waals surface area contributed by atoms with Gasteiger partial charge < -0.3 is 10.2 Å². The minimum atomic E-state index is -0.187. The first-order chi connectivity index (χ1) is 10.2. The average Bonchev–Trinajstić information content (AvgIpc) is 3.01. The van der Waals surface area contributed by atoms with E-state index < -0.39 is 0 Å². The predicted molar refractivity (Wildman–Crippen MR) is 84.1 cm³/mol. The summed E-state index contributed by atoms with van der Waals surface area (Å²) < 4.78 is 13.1. The maximum atomic E-state index is 13.1. The lowest BCUT2D eigenvalue weighted by Crippen LogP contribution is -2.18. The van der Waals surface area contributed by atoms with Crippen molar-refractivity contribution in [3.05, 3.63) is 53.5 Å². The van der Waals surface area contributed by atoms with Crippen LogP contribution in [0.4, 0.5) is 15.9 Å². The monoisotopic (exact) mass is 285 g/mol. The number of benzene rings is 1. The maximum absolute atomic E-state index is 13.1. The molecule has 21 heavy (non-hydrogen) atoms. The molecule has 1 saturated heterocycles. The second-order valence-corrected chi connectivity index (χ2v) is 5.52. The van der Waals surface area contributed by atoms with E-state index in [0.717, 1.165) is 35.7 Å². The number of rotatable bonds is 4. The minimum absolute atomic E-state index is 0.187. The summed E-state index contributed by atoms with van der Waals surface area (Å²) in [6.45, 7) is 4.81. The van der Waals surface area contributed by atoms with Crippen LogP contribution in [0.2, 0.25) is 0 Å². The highest BCUT2D eigenvalue weighted by Crippen LogP contribution is 2.19. The molecule has 0 radical (unpaired) electrons. The van der Waals surface area contributed by atoms with Crippen molar-refractivity contribution in [2.75, 3.05) is 23.3 Å². The molecule has 0 amide bonds. The largest absolute Gasteiger partial charge is 0.380 e. The van der Waals surface area contributed by atoms with Crippen LogP contribution in [0.1, 0.15) is 24.0 Å². The van der Waals surface area contributed by atoms with Crippen molar-refractivity contribution >= 4 is 11.5 Å². The summed E-state index contributed by atoms with van der Waals surface area (Å²) in [6.07, 6.45) is 4.38. The number of pyridine rings is 1. The molecule has 0 atom stereocenters. The first-order valence-corrected chi connectivity index (χ1v) is 7.42. The standard InChI is InChI=1S/C17H20FN3/c1-13-10-15(18)5-4-14(13)11-19-16-6-7-17(20-12-16)21-8-2-3-9-21/h4-7,10,12,19H,2-3,8-9,11H2,1H3. The Hall–Kier alpha value is -2.10. The molecule has 2 aromatic rings. The van der Waals surface area contributed by atoms with Crippen LogP contribution in [0.15, 0.2) is 36.5 Å². The first-order valence-electron chi connectivity index (χ1n) is 7.42. The van der Waals surface area contributed by atoms with E-state index in [2.05, 4.69) is 27.3 Å². The molecule has 1 N–H and O–H groups in total. The molecule has 0 aliphatic carbocycles. The van der Waals surface area contributed by atoms with E-state index in [1.807, 2.05) is 19.2 Å². The molecule has 3 rings (SSSR count). The molecule has 0 saturated carbocycles. The van der Waals surface area contributed by atoms with E-state index in [4.69, 9.17) is 0 Å². The van der Waals surface area contributed by atoms with Gasteiger partial charge in [0.25, 0.3) is 0 Å². The number of nitrogens with one attached hydrogen (secondary N) is 1. The topological polar surface area (TPSA) is 28.2 Å². The van der Waals surface area contributed by atoms with Crippen LogP contribution in [-0.4, -0.2) is 18.1 Å². The molecule has 1 aliphatic heterocycles. The van der Waals surface area contributed by atoms with Gasteiger partial charge in [-0.25, -0.2) is 9.37 Å². The number of aromatic nitrogens is 1. The lowest BCUT2D eigenvalue weighted by Gasteiger charge is -2.16. The van der Waals surface area contributed by atoms with E-state index in [1.54, 1.807) is 6.07 Å². The number of hydrogen-bond donors (Lipinski definition) is 1. The fourth-order valence-corrected chi connectivity index (χ4v) is 2.68. The maximum Gasteiger partial charge on any atom is 0.128 e. The Bertz CT molecular complexity index is 604.